The number of rotatable bonds is 5. The minimum Gasteiger partial charge on any atom is -0.393 e. The Hall–Kier alpha value is -1.99. The molecule has 2 aromatic rings. The molecule has 7 nitrogen and oxygen atoms in total. The van der Waals surface area contributed by atoms with Crippen molar-refractivity contribution in [3.05, 3.63) is 23.5 Å². The van der Waals surface area contributed by atoms with Crippen molar-refractivity contribution in [3.63, 3.8) is 0 Å². The number of carbonyl (C=O) groups excluding carboxylic acids is 1. The van der Waals surface area contributed by atoms with Crippen molar-refractivity contribution < 1.29 is 9.90 Å². The summed E-state index contributed by atoms with van der Waals surface area (Å²) in [6.07, 6.45) is 4.15. The molecule has 1 amide bonds. The number of likely N-dealkylation sites (tertiary alicyclic amines) is 1. The first-order chi connectivity index (χ1) is 11.5. The van der Waals surface area contributed by atoms with E-state index in [1.807, 2.05) is 20.0 Å². The highest BCUT2D eigenvalue weighted by Crippen LogP contribution is 2.17. The van der Waals surface area contributed by atoms with Crippen molar-refractivity contribution in [1.82, 2.24) is 25.0 Å². The van der Waals surface area contributed by atoms with E-state index in [9.17, 15) is 9.90 Å². The van der Waals surface area contributed by atoms with Gasteiger partial charge in [0.25, 0.3) is 5.91 Å². The highest BCUT2D eigenvalue weighted by atomic mass is 16.3. The van der Waals surface area contributed by atoms with Gasteiger partial charge in [-0.05, 0) is 38.8 Å². The van der Waals surface area contributed by atoms with Crippen molar-refractivity contribution in [2.75, 3.05) is 26.2 Å². The van der Waals surface area contributed by atoms with E-state index in [1.54, 1.807) is 10.9 Å². The average Bonchev–Trinajstić information content (AvgIpc) is 2.93. The van der Waals surface area contributed by atoms with Gasteiger partial charge in [-0.15, -0.1) is 0 Å². The second-order valence-electron chi connectivity index (χ2n) is 6.50. The van der Waals surface area contributed by atoms with Crippen molar-refractivity contribution in [1.29, 1.82) is 0 Å². The Balaban J connectivity index is 1.54. The summed E-state index contributed by atoms with van der Waals surface area (Å²) in [4.78, 5) is 19.3. The second kappa shape index (κ2) is 7.27. The number of aliphatic hydroxyl groups excluding tert-OH is 1. The number of aromatic nitrogens is 3. The number of amides is 1. The molecule has 1 saturated heterocycles. The highest BCUT2D eigenvalue weighted by molar-refractivity contribution is 6.05. The number of hydrogen-bond acceptors (Lipinski definition) is 5. The molecule has 2 N–H and O–H groups in total. The maximum Gasteiger partial charge on any atom is 0.252 e. The number of carbonyl (C=O) groups is 1. The van der Waals surface area contributed by atoms with Gasteiger partial charge >= 0.3 is 0 Å². The molecule has 0 atom stereocenters. The molecule has 2 aromatic heterocycles. The van der Waals surface area contributed by atoms with Gasteiger partial charge in [-0.3, -0.25) is 9.48 Å². The molecule has 1 aliphatic rings. The van der Waals surface area contributed by atoms with E-state index in [4.69, 9.17) is 0 Å². The summed E-state index contributed by atoms with van der Waals surface area (Å²) in [5.41, 5.74) is 2.17. The van der Waals surface area contributed by atoms with E-state index in [0.717, 1.165) is 55.6 Å². The fourth-order valence-corrected chi connectivity index (χ4v) is 3.17. The quantitative estimate of drug-likeness (QED) is 0.794. The van der Waals surface area contributed by atoms with Gasteiger partial charge in [0.2, 0.25) is 0 Å². The van der Waals surface area contributed by atoms with Crippen LogP contribution in [0.3, 0.4) is 0 Å². The molecule has 0 aliphatic carbocycles. The lowest BCUT2D eigenvalue weighted by atomic mass is 10.1. The summed E-state index contributed by atoms with van der Waals surface area (Å²) in [6, 6.07) is 1.81. The van der Waals surface area contributed by atoms with Crippen LogP contribution in [0.1, 0.15) is 35.3 Å². The van der Waals surface area contributed by atoms with E-state index in [2.05, 4.69) is 20.3 Å². The van der Waals surface area contributed by atoms with Crippen molar-refractivity contribution in [2.45, 2.75) is 32.3 Å². The molecule has 3 heterocycles. The molecule has 0 saturated carbocycles. The summed E-state index contributed by atoms with van der Waals surface area (Å²) >= 11 is 0. The molecule has 24 heavy (non-hydrogen) atoms. The largest absolute Gasteiger partial charge is 0.393 e. The molecular formula is C17H25N5O2. The van der Waals surface area contributed by atoms with E-state index < -0.39 is 0 Å². The Kier molecular flexibility index (Phi) is 5.11. The lowest BCUT2D eigenvalue weighted by Gasteiger charge is -2.29. The van der Waals surface area contributed by atoms with Gasteiger partial charge in [0, 0.05) is 32.4 Å². The fraction of sp³-hybridized carbons (Fsp3) is 0.588. The van der Waals surface area contributed by atoms with Crippen LogP contribution in [-0.2, 0) is 7.05 Å². The van der Waals surface area contributed by atoms with Crippen molar-refractivity contribution >= 4 is 16.9 Å². The summed E-state index contributed by atoms with van der Waals surface area (Å²) in [6.45, 7) is 5.35. The zero-order valence-electron chi connectivity index (χ0n) is 14.3. The van der Waals surface area contributed by atoms with Gasteiger partial charge in [-0.25, -0.2) is 4.98 Å². The number of pyridine rings is 1. The molecule has 1 fully saturated rings. The molecular weight excluding hydrogens is 306 g/mol. The van der Waals surface area contributed by atoms with Gasteiger partial charge in [-0.1, -0.05) is 0 Å². The number of aliphatic hydroxyl groups is 1. The molecule has 0 unspecified atom stereocenters. The van der Waals surface area contributed by atoms with E-state index >= 15 is 0 Å². The van der Waals surface area contributed by atoms with E-state index in [0.29, 0.717) is 12.1 Å². The number of piperidine rings is 1. The van der Waals surface area contributed by atoms with Crippen LogP contribution in [0.25, 0.3) is 11.0 Å². The summed E-state index contributed by atoms with van der Waals surface area (Å²) in [5, 5.41) is 17.5. The highest BCUT2D eigenvalue weighted by Gasteiger charge is 2.17. The second-order valence-corrected chi connectivity index (χ2v) is 6.50. The first-order valence-corrected chi connectivity index (χ1v) is 8.52. The van der Waals surface area contributed by atoms with Gasteiger partial charge in [0.1, 0.15) is 0 Å². The average molecular weight is 331 g/mol. The van der Waals surface area contributed by atoms with Crippen LogP contribution in [0.15, 0.2) is 12.3 Å². The molecule has 3 rings (SSSR count). The normalized spacial score (nSPS) is 16.6. The summed E-state index contributed by atoms with van der Waals surface area (Å²) in [5.74, 6) is -0.0763. The van der Waals surface area contributed by atoms with Crippen LogP contribution in [-0.4, -0.2) is 63.0 Å². The van der Waals surface area contributed by atoms with Gasteiger partial charge in [-0.2, -0.15) is 5.10 Å². The summed E-state index contributed by atoms with van der Waals surface area (Å²) < 4.78 is 1.68. The van der Waals surface area contributed by atoms with Gasteiger partial charge in [0.15, 0.2) is 5.65 Å². The third-order valence-corrected chi connectivity index (χ3v) is 4.57. The first-order valence-electron chi connectivity index (χ1n) is 8.52. The van der Waals surface area contributed by atoms with Gasteiger partial charge < -0.3 is 15.3 Å². The monoisotopic (exact) mass is 331 g/mol. The first kappa shape index (κ1) is 16.9. The predicted octanol–water partition coefficient (Wildman–Crippen LogP) is 0.853. The topological polar surface area (TPSA) is 83.3 Å². The lowest BCUT2D eigenvalue weighted by Crippen LogP contribution is -2.37. The molecule has 0 bridgehead atoms. The van der Waals surface area contributed by atoms with Crippen LogP contribution in [0, 0.1) is 6.92 Å². The van der Waals surface area contributed by atoms with Crippen molar-refractivity contribution in [3.8, 4) is 0 Å². The summed E-state index contributed by atoms with van der Waals surface area (Å²) in [7, 11) is 1.83. The zero-order chi connectivity index (χ0) is 17.1. The lowest BCUT2D eigenvalue weighted by molar-refractivity contribution is 0.0816. The smallest absolute Gasteiger partial charge is 0.252 e. The Bertz CT molecular complexity index is 719. The predicted molar refractivity (Wildman–Crippen MR) is 91.9 cm³/mol. The molecule has 130 valence electrons. The van der Waals surface area contributed by atoms with Crippen molar-refractivity contribution in [2.24, 2.45) is 7.05 Å². The Morgan fingerprint density at radius 1 is 1.42 bits per heavy atom. The maximum absolute atomic E-state index is 12.5. The zero-order valence-corrected chi connectivity index (χ0v) is 14.3. The third-order valence-electron chi connectivity index (χ3n) is 4.57. The van der Waals surface area contributed by atoms with Gasteiger partial charge in [0.05, 0.1) is 23.3 Å². The fourth-order valence-electron chi connectivity index (χ4n) is 3.17. The van der Waals surface area contributed by atoms with E-state index in [1.165, 1.54) is 0 Å². The molecule has 1 aliphatic heterocycles. The number of fused-ring (bicyclic) bond motifs is 1. The molecule has 0 radical (unpaired) electrons. The minimum atomic E-state index is -0.141. The van der Waals surface area contributed by atoms with Crippen LogP contribution >= 0.6 is 0 Å². The third kappa shape index (κ3) is 3.73. The number of nitrogens with zero attached hydrogens (tertiary/aromatic N) is 4. The number of aryl methyl sites for hydroxylation is 2. The Morgan fingerprint density at radius 3 is 2.92 bits per heavy atom. The van der Waals surface area contributed by atoms with E-state index in [-0.39, 0.29) is 12.0 Å². The molecule has 0 aromatic carbocycles. The van der Waals surface area contributed by atoms with Crippen LogP contribution < -0.4 is 5.32 Å². The number of nitrogens with one attached hydrogen (secondary N) is 1. The maximum atomic E-state index is 12.5. The van der Waals surface area contributed by atoms with Crippen LogP contribution in [0.5, 0.6) is 0 Å². The SMILES string of the molecule is Cc1cc(C(=O)NCCCN2CCC(O)CC2)c2cnn(C)c2n1. The van der Waals surface area contributed by atoms with Crippen LogP contribution in [0.2, 0.25) is 0 Å². The Labute approximate surface area is 141 Å². The molecule has 7 heteroatoms. The molecule has 0 spiro atoms. The standard InChI is InChI=1S/C17H25N5O2/c1-12-10-14(15-11-19-21(2)16(15)20-12)17(24)18-6-3-7-22-8-4-13(23)5-9-22/h10-11,13,23H,3-9H2,1-2H3,(H,18,24). The Morgan fingerprint density at radius 2 is 2.17 bits per heavy atom. The minimum absolute atomic E-state index is 0.0763. The van der Waals surface area contributed by atoms with Crippen LogP contribution in [0.4, 0.5) is 0 Å². The number of hydrogen-bond donors (Lipinski definition) is 2.